The summed E-state index contributed by atoms with van der Waals surface area (Å²) in [5.41, 5.74) is 6.48. The lowest BCUT2D eigenvalue weighted by molar-refractivity contribution is 0.670. The van der Waals surface area contributed by atoms with Crippen molar-refractivity contribution in [1.82, 2.24) is 15.0 Å². The van der Waals surface area contributed by atoms with Gasteiger partial charge in [0.1, 0.15) is 11.2 Å². The molecule has 12 rings (SSSR count). The number of hydrogen-bond donors (Lipinski definition) is 0. The van der Waals surface area contributed by atoms with Crippen molar-refractivity contribution in [2.24, 2.45) is 0 Å². The number of rotatable bonds is 4. The maximum absolute atomic E-state index is 6.89. The summed E-state index contributed by atoms with van der Waals surface area (Å²) in [6.07, 6.45) is 0. The third kappa shape index (κ3) is 5.12. The van der Waals surface area contributed by atoms with Crippen molar-refractivity contribution in [3.63, 3.8) is 0 Å². The van der Waals surface area contributed by atoms with Crippen LogP contribution in [0.3, 0.4) is 0 Å². The largest absolute Gasteiger partial charge is 0.455 e. The summed E-state index contributed by atoms with van der Waals surface area (Å²) < 4.78 is 6.89. The minimum atomic E-state index is 0.592. The zero-order valence-corrected chi connectivity index (χ0v) is 30.6. The van der Waals surface area contributed by atoms with Gasteiger partial charge in [0.05, 0.1) is 0 Å². The summed E-state index contributed by atoms with van der Waals surface area (Å²) in [5.74, 6) is 1.82. The van der Waals surface area contributed by atoms with Crippen LogP contribution in [0.2, 0.25) is 0 Å². The van der Waals surface area contributed by atoms with Crippen LogP contribution in [0.5, 0.6) is 0 Å². The monoisotopic (exact) mass is 725 g/mol. The van der Waals surface area contributed by atoms with E-state index in [4.69, 9.17) is 19.4 Å². The zero-order chi connectivity index (χ0) is 37.5. The lowest BCUT2D eigenvalue weighted by Crippen LogP contribution is -2.00. The van der Waals surface area contributed by atoms with Crippen LogP contribution in [-0.2, 0) is 0 Å². The molecule has 12 aromatic rings. The standard InChI is InChI=1S/C53H31N3O/c1-2-12-34(13-3-1)51-54-52(40-22-23-42-38(29-40)21-25-44-41-17-9-8-11-33(41)20-24-45(42)44)56-53(55-51)46-27-26-43(39-19-18-32-10-4-5-14-35(32)28-39)50-49(46)47-30-36-15-6-7-16-37(36)31-48(47)57-50/h1-31H. The first-order chi connectivity index (χ1) is 28.2. The topological polar surface area (TPSA) is 51.8 Å². The average molecular weight is 726 g/mol. The summed E-state index contributed by atoms with van der Waals surface area (Å²) in [6, 6.07) is 66.4. The predicted molar refractivity (Wildman–Crippen MR) is 236 cm³/mol. The Morgan fingerprint density at radius 1 is 0.298 bits per heavy atom. The molecule has 0 saturated carbocycles. The molecule has 0 amide bonds. The predicted octanol–water partition coefficient (Wildman–Crippen LogP) is 14.2. The second-order valence-corrected chi connectivity index (χ2v) is 14.8. The number of benzene rings is 10. The van der Waals surface area contributed by atoms with Gasteiger partial charge in [-0.2, -0.15) is 0 Å². The second kappa shape index (κ2) is 12.4. The first-order valence-electron chi connectivity index (χ1n) is 19.3. The molecule has 4 nitrogen and oxygen atoms in total. The Hall–Kier alpha value is -7.69. The highest BCUT2D eigenvalue weighted by Gasteiger charge is 2.22. The molecule has 0 N–H and O–H groups in total. The Morgan fingerprint density at radius 3 is 1.65 bits per heavy atom. The van der Waals surface area contributed by atoms with E-state index in [0.717, 1.165) is 65.9 Å². The highest BCUT2D eigenvalue weighted by Crippen LogP contribution is 2.43. The lowest BCUT2D eigenvalue weighted by Gasteiger charge is -2.12. The third-order valence-electron chi connectivity index (χ3n) is 11.5. The molecule has 0 saturated heterocycles. The maximum atomic E-state index is 6.89. The van der Waals surface area contributed by atoms with Crippen molar-refractivity contribution in [3.8, 4) is 45.3 Å². The van der Waals surface area contributed by atoms with Gasteiger partial charge in [0.2, 0.25) is 0 Å². The maximum Gasteiger partial charge on any atom is 0.164 e. The Morgan fingerprint density at radius 2 is 0.842 bits per heavy atom. The van der Waals surface area contributed by atoms with E-state index in [1.165, 1.54) is 37.7 Å². The van der Waals surface area contributed by atoms with Crippen LogP contribution in [0.15, 0.2) is 192 Å². The number of fused-ring (bicyclic) bond motifs is 10. The van der Waals surface area contributed by atoms with Crippen LogP contribution < -0.4 is 0 Å². The third-order valence-corrected chi connectivity index (χ3v) is 11.5. The molecule has 10 aromatic carbocycles. The van der Waals surface area contributed by atoms with Crippen LogP contribution >= 0.6 is 0 Å². The molecule has 2 aromatic heterocycles. The molecule has 0 fully saturated rings. The Labute approximate surface area is 327 Å². The van der Waals surface area contributed by atoms with Crippen LogP contribution in [0, 0.1) is 0 Å². The molecule has 264 valence electrons. The van der Waals surface area contributed by atoms with Gasteiger partial charge in [-0.05, 0) is 95.8 Å². The van der Waals surface area contributed by atoms with Gasteiger partial charge in [-0.1, -0.05) is 152 Å². The van der Waals surface area contributed by atoms with Crippen LogP contribution in [0.4, 0.5) is 0 Å². The van der Waals surface area contributed by atoms with Gasteiger partial charge in [-0.15, -0.1) is 0 Å². The number of nitrogens with zero attached hydrogens (tertiary/aromatic N) is 3. The highest BCUT2D eigenvalue weighted by molar-refractivity contribution is 6.19. The number of aromatic nitrogens is 3. The van der Waals surface area contributed by atoms with Crippen molar-refractivity contribution < 1.29 is 4.42 Å². The minimum absolute atomic E-state index is 0.592. The molecule has 0 aliphatic carbocycles. The fraction of sp³-hybridized carbons (Fsp3) is 0. The summed E-state index contributed by atoms with van der Waals surface area (Å²) in [7, 11) is 0. The molecular formula is C53H31N3O. The molecule has 0 bridgehead atoms. The van der Waals surface area contributed by atoms with E-state index in [9.17, 15) is 0 Å². The van der Waals surface area contributed by atoms with Gasteiger partial charge < -0.3 is 4.42 Å². The van der Waals surface area contributed by atoms with Crippen LogP contribution in [0.25, 0.3) is 121 Å². The molecule has 0 radical (unpaired) electrons. The van der Waals surface area contributed by atoms with E-state index in [0.29, 0.717) is 17.5 Å². The van der Waals surface area contributed by atoms with Crippen LogP contribution in [-0.4, -0.2) is 15.0 Å². The Balaban J connectivity index is 1.10. The minimum Gasteiger partial charge on any atom is -0.455 e. The number of hydrogen-bond acceptors (Lipinski definition) is 4. The normalized spacial score (nSPS) is 11.9. The van der Waals surface area contributed by atoms with E-state index in [2.05, 4.69) is 170 Å². The average Bonchev–Trinajstić information content (AvgIpc) is 3.65. The van der Waals surface area contributed by atoms with Gasteiger partial charge in [0.15, 0.2) is 17.5 Å². The Bertz CT molecular complexity index is 3590. The van der Waals surface area contributed by atoms with E-state index in [1.807, 2.05) is 18.2 Å². The van der Waals surface area contributed by atoms with E-state index >= 15 is 0 Å². The quantitative estimate of drug-likeness (QED) is 0.170. The first-order valence-corrected chi connectivity index (χ1v) is 19.3. The molecule has 4 heteroatoms. The van der Waals surface area contributed by atoms with Gasteiger partial charge in [0.25, 0.3) is 0 Å². The smallest absolute Gasteiger partial charge is 0.164 e. The SMILES string of the molecule is c1ccc(-c2nc(-c3ccc4c(ccc5c6ccccc6ccc45)c3)nc(-c3ccc(-c4ccc5ccccc5c4)c4oc5cc6ccccc6cc5c34)n2)cc1. The zero-order valence-electron chi connectivity index (χ0n) is 30.6. The summed E-state index contributed by atoms with van der Waals surface area (Å²) in [4.78, 5) is 15.6. The fourth-order valence-corrected chi connectivity index (χ4v) is 8.65. The van der Waals surface area contributed by atoms with Gasteiger partial charge in [-0.3, -0.25) is 0 Å². The van der Waals surface area contributed by atoms with E-state index in [1.54, 1.807) is 0 Å². The van der Waals surface area contributed by atoms with Crippen molar-refractivity contribution in [3.05, 3.63) is 188 Å². The highest BCUT2D eigenvalue weighted by atomic mass is 16.3. The molecule has 0 spiro atoms. The summed E-state index contributed by atoms with van der Waals surface area (Å²) in [6.45, 7) is 0. The van der Waals surface area contributed by atoms with Gasteiger partial charge in [-0.25, -0.2) is 15.0 Å². The van der Waals surface area contributed by atoms with Crippen molar-refractivity contribution >= 4 is 75.8 Å². The van der Waals surface area contributed by atoms with Crippen molar-refractivity contribution in [2.45, 2.75) is 0 Å². The molecule has 2 heterocycles. The van der Waals surface area contributed by atoms with Crippen LogP contribution in [0.1, 0.15) is 0 Å². The molecular weight excluding hydrogens is 695 g/mol. The van der Waals surface area contributed by atoms with E-state index < -0.39 is 0 Å². The summed E-state index contributed by atoms with van der Waals surface area (Å²) >= 11 is 0. The first kappa shape index (κ1) is 31.6. The summed E-state index contributed by atoms with van der Waals surface area (Å²) in [5, 5.41) is 14.0. The molecule has 0 aliphatic rings. The molecule has 57 heavy (non-hydrogen) atoms. The fourth-order valence-electron chi connectivity index (χ4n) is 8.65. The number of furan rings is 1. The van der Waals surface area contributed by atoms with Gasteiger partial charge >= 0.3 is 0 Å². The molecule has 0 atom stereocenters. The second-order valence-electron chi connectivity index (χ2n) is 14.8. The lowest BCUT2D eigenvalue weighted by atomic mass is 9.95. The molecule has 0 unspecified atom stereocenters. The van der Waals surface area contributed by atoms with Gasteiger partial charge in [0, 0.05) is 33.0 Å². The Kier molecular flexibility index (Phi) is 6.89. The van der Waals surface area contributed by atoms with E-state index in [-0.39, 0.29) is 0 Å². The molecule has 0 aliphatic heterocycles. The van der Waals surface area contributed by atoms with Crippen molar-refractivity contribution in [1.29, 1.82) is 0 Å². The van der Waals surface area contributed by atoms with Crippen molar-refractivity contribution in [2.75, 3.05) is 0 Å².